The van der Waals surface area contributed by atoms with Crippen molar-refractivity contribution in [3.05, 3.63) is 49.1 Å². The third-order valence-electron chi connectivity index (χ3n) is 6.59. The van der Waals surface area contributed by atoms with Gasteiger partial charge in [-0.3, -0.25) is 0 Å². The Balaban J connectivity index is 1.52. The highest BCUT2D eigenvalue weighted by molar-refractivity contribution is 6.97. The van der Waals surface area contributed by atoms with Crippen LogP contribution in [-0.4, -0.2) is 54.9 Å². The van der Waals surface area contributed by atoms with Gasteiger partial charge in [0.05, 0.1) is 0 Å². The van der Waals surface area contributed by atoms with Crippen molar-refractivity contribution in [2.24, 2.45) is 0 Å². The summed E-state index contributed by atoms with van der Waals surface area (Å²) in [5.41, 5.74) is 8.42. The summed E-state index contributed by atoms with van der Waals surface area (Å²) in [5.74, 6) is 0. The molecule has 0 radical (unpaired) electrons. The van der Waals surface area contributed by atoms with Crippen LogP contribution in [0.15, 0.2) is 49.1 Å². The number of aromatic nitrogens is 3. The first-order valence-electron chi connectivity index (χ1n) is 10.4. The smallest absolute Gasteiger partial charge is 0.294 e. The molecule has 3 aliphatic heterocycles. The standard InChI is InChI=1S/C22H23BN6/c1-27-20-12-16(28-8-2-9-28)4-6-18(20)23(22-25-14-24-15-26-22)19-7-5-17(13-21(19)27)29-10-3-11-29/h4-7,12-15H,2-3,8-11H2,1H3. The Kier molecular flexibility index (Phi) is 3.76. The second kappa shape index (κ2) is 6.47. The van der Waals surface area contributed by atoms with Crippen LogP contribution in [0.5, 0.6) is 0 Å². The van der Waals surface area contributed by atoms with E-state index in [1.807, 2.05) is 0 Å². The number of fused-ring (bicyclic) bond motifs is 2. The van der Waals surface area contributed by atoms with E-state index in [-0.39, 0.29) is 6.71 Å². The van der Waals surface area contributed by atoms with Gasteiger partial charge in [-0.1, -0.05) is 12.1 Å². The van der Waals surface area contributed by atoms with Gasteiger partial charge in [-0.2, -0.15) is 0 Å². The average Bonchev–Trinajstić information content (AvgIpc) is 2.67. The molecule has 0 amide bonds. The van der Waals surface area contributed by atoms with Crippen LogP contribution in [0.3, 0.4) is 0 Å². The summed E-state index contributed by atoms with van der Waals surface area (Å²) in [6.45, 7) is 4.61. The van der Waals surface area contributed by atoms with Crippen molar-refractivity contribution in [3.63, 3.8) is 0 Å². The molecular formula is C22H23BN6. The minimum atomic E-state index is 0.0232. The SMILES string of the molecule is CN1c2cc(N3CCC3)ccc2B(c2ncncn2)c2ccc(N3CCC3)cc21. The highest BCUT2D eigenvalue weighted by atomic mass is 15.2. The number of nitrogens with zero attached hydrogens (tertiary/aromatic N) is 6. The number of anilines is 4. The first-order chi connectivity index (χ1) is 14.3. The summed E-state index contributed by atoms with van der Waals surface area (Å²) in [6, 6.07) is 13.7. The van der Waals surface area contributed by atoms with E-state index < -0.39 is 0 Å². The number of rotatable bonds is 3. The zero-order chi connectivity index (χ0) is 19.4. The maximum Gasteiger partial charge on any atom is 0.294 e. The molecule has 29 heavy (non-hydrogen) atoms. The van der Waals surface area contributed by atoms with E-state index >= 15 is 0 Å². The van der Waals surface area contributed by atoms with Gasteiger partial charge >= 0.3 is 0 Å². The molecule has 2 fully saturated rings. The second-order valence-electron chi connectivity index (χ2n) is 8.16. The van der Waals surface area contributed by atoms with Gasteiger partial charge in [-0.15, -0.1) is 0 Å². The van der Waals surface area contributed by atoms with E-state index in [1.54, 1.807) is 12.7 Å². The molecule has 7 heteroatoms. The molecule has 0 saturated carbocycles. The minimum absolute atomic E-state index is 0.0232. The third kappa shape index (κ3) is 2.60. The fourth-order valence-corrected chi connectivity index (χ4v) is 4.65. The summed E-state index contributed by atoms with van der Waals surface area (Å²) in [5, 5.41) is 0. The molecule has 3 aromatic rings. The minimum Gasteiger partial charge on any atom is -0.371 e. The highest BCUT2D eigenvalue weighted by Gasteiger charge is 2.36. The van der Waals surface area contributed by atoms with Gasteiger partial charge in [0.25, 0.3) is 6.71 Å². The largest absolute Gasteiger partial charge is 0.371 e. The van der Waals surface area contributed by atoms with Crippen LogP contribution in [-0.2, 0) is 0 Å². The van der Waals surface area contributed by atoms with Crippen LogP contribution in [0.25, 0.3) is 0 Å². The van der Waals surface area contributed by atoms with Crippen molar-refractivity contribution in [1.82, 2.24) is 15.0 Å². The lowest BCUT2D eigenvalue weighted by molar-refractivity contribution is 0.617. The predicted molar refractivity (Wildman–Crippen MR) is 119 cm³/mol. The maximum absolute atomic E-state index is 4.53. The molecule has 2 aromatic carbocycles. The monoisotopic (exact) mass is 382 g/mol. The van der Waals surface area contributed by atoms with Gasteiger partial charge < -0.3 is 14.7 Å². The van der Waals surface area contributed by atoms with Crippen molar-refractivity contribution < 1.29 is 0 Å². The van der Waals surface area contributed by atoms with Crippen LogP contribution >= 0.6 is 0 Å². The van der Waals surface area contributed by atoms with Crippen molar-refractivity contribution in [1.29, 1.82) is 0 Å². The molecule has 0 aliphatic carbocycles. The third-order valence-corrected chi connectivity index (χ3v) is 6.59. The summed E-state index contributed by atoms with van der Waals surface area (Å²) >= 11 is 0. The lowest BCUT2D eigenvalue weighted by Crippen LogP contribution is -2.59. The molecule has 144 valence electrons. The van der Waals surface area contributed by atoms with Crippen LogP contribution in [0.1, 0.15) is 12.8 Å². The van der Waals surface area contributed by atoms with E-state index in [4.69, 9.17) is 0 Å². The summed E-state index contributed by atoms with van der Waals surface area (Å²) in [7, 11) is 2.18. The molecule has 0 bridgehead atoms. The Morgan fingerprint density at radius 3 is 1.72 bits per heavy atom. The molecule has 4 heterocycles. The Bertz CT molecular complexity index is 999. The first-order valence-corrected chi connectivity index (χ1v) is 10.4. The van der Waals surface area contributed by atoms with Crippen molar-refractivity contribution >= 4 is 46.1 Å². The Labute approximate surface area is 171 Å². The topological polar surface area (TPSA) is 48.4 Å². The van der Waals surface area contributed by atoms with Gasteiger partial charge in [0, 0.05) is 56.0 Å². The van der Waals surface area contributed by atoms with E-state index in [9.17, 15) is 0 Å². The Morgan fingerprint density at radius 2 is 1.28 bits per heavy atom. The zero-order valence-electron chi connectivity index (χ0n) is 16.6. The summed E-state index contributed by atoms with van der Waals surface area (Å²) in [6.07, 6.45) is 5.76. The van der Waals surface area contributed by atoms with Gasteiger partial charge in [-0.05, 0) is 48.0 Å². The van der Waals surface area contributed by atoms with E-state index in [1.165, 1.54) is 46.5 Å². The molecule has 0 N–H and O–H groups in total. The lowest BCUT2D eigenvalue weighted by atomic mass is 9.38. The molecular weight excluding hydrogens is 359 g/mol. The molecule has 0 spiro atoms. The van der Waals surface area contributed by atoms with Crippen LogP contribution in [0.4, 0.5) is 22.7 Å². The van der Waals surface area contributed by atoms with Crippen molar-refractivity contribution in [2.75, 3.05) is 47.9 Å². The fourth-order valence-electron chi connectivity index (χ4n) is 4.65. The van der Waals surface area contributed by atoms with E-state index in [0.717, 1.165) is 31.9 Å². The van der Waals surface area contributed by atoms with Gasteiger partial charge in [0.15, 0.2) is 0 Å². The fraction of sp³-hybridized carbons (Fsp3) is 0.318. The highest BCUT2D eigenvalue weighted by Crippen LogP contribution is 2.33. The van der Waals surface area contributed by atoms with Gasteiger partial charge in [0.2, 0.25) is 0 Å². The number of hydrogen-bond donors (Lipinski definition) is 0. The van der Waals surface area contributed by atoms with Crippen LogP contribution in [0.2, 0.25) is 0 Å². The quantitative estimate of drug-likeness (QED) is 0.628. The second-order valence-corrected chi connectivity index (χ2v) is 8.16. The molecule has 3 aliphatic rings. The van der Waals surface area contributed by atoms with Gasteiger partial charge in [0.1, 0.15) is 18.4 Å². The Morgan fingerprint density at radius 1 is 0.759 bits per heavy atom. The predicted octanol–water partition coefficient (Wildman–Crippen LogP) is 0.889. The maximum atomic E-state index is 4.53. The van der Waals surface area contributed by atoms with E-state index in [0.29, 0.717) is 0 Å². The Hall–Kier alpha value is -3.09. The van der Waals surface area contributed by atoms with Gasteiger partial charge in [-0.25, -0.2) is 15.0 Å². The van der Waals surface area contributed by atoms with Crippen LogP contribution in [0, 0.1) is 0 Å². The number of benzene rings is 2. The summed E-state index contributed by atoms with van der Waals surface area (Å²) < 4.78 is 0. The molecule has 6 rings (SSSR count). The zero-order valence-corrected chi connectivity index (χ0v) is 16.6. The molecule has 1 aromatic heterocycles. The lowest BCUT2D eigenvalue weighted by Gasteiger charge is -2.39. The van der Waals surface area contributed by atoms with Crippen molar-refractivity contribution in [3.8, 4) is 0 Å². The molecule has 0 atom stereocenters. The molecule has 0 unspecified atom stereocenters. The first kappa shape index (κ1) is 16.8. The van der Waals surface area contributed by atoms with Crippen LogP contribution < -0.4 is 31.3 Å². The average molecular weight is 382 g/mol. The number of hydrogen-bond acceptors (Lipinski definition) is 6. The summed E-state index contributed by atoms with van der Waals surface area (Å²) in [4.78, 5) is 20.3. The van der Waals surface area contributed by atoms with Crippen molar-refractivity contribution in [2.45, 2.75) is 12.8 Å². The normalized spacial score (nSPS) is 17.4. The van der Waals surface area contributed by atoms with E-state index in [2.05, 4.69) is 73.1 Å². The molecule has 6 nitrogen and oxygen atoms in total. The molecule has 2 saturated heterocycles.